The molecular weight excluding hydrogens is 403 g/mol. The molecule has 0 radical (unpaired) electrons. The number of nitrogens with zero attached hydrogens (tertiary/aromatic N) is 2. The fourth-order valence-electron chi connectivity index (χ4n) is 3.53. The Labute approximate surface area is 177 Å². The van der Waals surface area contributed by atoms with E-state index in [9.17, 15) is 19.1 Å². The smallest absolute Gasteiger partial charge is 0.301 e. The predicted molar refractivity (Wildman–Crippen MR) is 110 cm³/mol. The Morgan fingerprint density at radius 2 is 1.84 bits per heavy atom. The predicted octanol–water partition coefficient (Wildman–Crippen LogP) is 4.15. The van der Waals surface area contributed by atoms with Gasteiger partial charge < -0.3 is 14.4 Å². The molecule has 4 rings (SSSR count). The molecule has 1 aromatic heterocycles. The summed E-state index contributed by atoms with van der Waals surface area (Å²) in [6, 6.07) is 12.4. The lowest BCUT2D eigenvalue weighted by molar-refractivity contribution is -0.132. The topological polar surface area (TPSA) is 92.9 Å². The van der Waals surface area contributed by atoms with Crippen molar-refractivity contribution in [2.75, 3.05) is 11.5 Å². The number of rotatable bonds is 5. The molecule has 0 bridgehead atoms. The fourth-order valence-corrected chi connectivity index (χ4v) is 3.53. The Bertz CT molecular complexity index is 1170. The molecule has 31 heavy (non-hydrogen) atoms. The molecule has 1 fully saturated rings. The van der Waals surface area contributed by atoms with E-state index in [-0.39, 0.29) is 17.0 Å². The second-order valence-electron chi connectivity index (χ2n) is 6.97. The van der Waals surface area contributed by atoms with Crippen LogP contribution in [0.25, 0.3) is 5.76 Å². The van der Waals surface area contributed by atoms with Gasteiger partial charge in [-0.05, 0) is 55.8 Å². The number of carbonyl (C=O) groups is 2. The van der Waals surface area contributed by atoms with Crippen molar-refractivity contribution in [1.29, 1.82) is 0 Å². The molecule has 2 heterocycles. The number of aliphatic hydroxyl groups is 1. The van der Waals surface area contributed by atoms with Crippen LogP contribution in [0.2, 0.25) is 0 Å². The number of hydrogen-bond acceptors (Lipinski definition) is 6. The highest BCUT2D eigenvalue weighted by Gasteiger charge is 2.48. The summed E-state index contributed by atoms with van der Waals surface area (Å²) in [4.78, 5) is 27.1. The molecule has 158 valence electrons. The third kappa shape index (κ3) is 3.68. The van der Waals surface area contributed by atoms with E-state index in [4.69, 9.17) is 9.26 Å². The highest BCUT2D eigenvalue weighted by atomic mass is 19.1. The maximum Gasteiger partial charge on any atom is 0.301 e. The number of aliphatic hydroxyl groups excluding tert-OH is 1. The minimum atomic E-state index is -0.953. The third-order valence-electron chi connectivity index (χ3n) is 4.93. The summed E-state index contributed by atoms with van der Waals surface area (Å²) in [5.74, 6) is -1.38. The first-order valence-electron chi connectivity index (χ1n) is 9.63. The van der Waals surface area contributed by atoms with Gasteiger partial charge in [0.1, 0.15) is 23.1 Å². The van der Waals surface area contributed by atoms with E-state index >= 15 is 0 Å². The zero-order valence-corrected chi connectivity index (χ0v) is 16.8. The lowest BCUT2D eigenvalue weighted by Gasteiger charge is -2.23. The van der Waals surface area contributed by atoms with Crippen molar-refractivity contribution >= 4 is 23.3 Å². The number of anilines is 1. The number of hydrogen-bond donors (Lipinski definition) is 1. The van der Waals surface area contributed by atoms with Crippen LogP contribution in [0.3, 0.4) is 0 Å². The molecule has 1 atom stereocenters. The van der Waals surface area contributed by atoms with Gasteiger partial charge >= 0.3 is 5.91 Å². The number of ketones is 1. The van der Waals surface area contributed by atoms with Crippen LogP contribution in [0, 0.1) is 12.7 Å². The normalized spacial score (nSPS) is 17.9. The van der Waals surface area contributed by atoms with Gasteiger partial charge in [0.15, 0.2) is 5.82 Å². The monoisotopic (exact) mass is 422 g/mol. The van der Waals surface area contributed by atoms with E-state index in [1.54, 1.807) is 31.2 Å². The molecule has 8 heteroatoms. The Balaban J connectivity index is 1.89. The van der Waals surface area contributed by atoms with Crippen LogP contribution in [0.15, 0.2) is 64.7 Å². The molecule has 1 saturated heterocycles. The molecule has 3 aromatic rings. The van der Waals surface area contributed by atoms with Crippen molar-refractivity contribution < 1.29 is 28.3 Å². The Morgan fingerprint density at radius 1 is 1.16 bits per heavy atom. The van der Waals surface area contributed by atoms with Crippen LogP contribution in [-0.4, -0.2) is 28.6 Å². The van der Waals surface area contributed by atoms with Gasteiger partial charge in [-0.3, -0.25) is 14.5 Å². The molecule has 0 spiro atoms. The quantitative estimate of drug-likeness (QED) is 0.377. The lowest BCUT2D eigenvalue weighted by atomic mass is 9.95. The molecule has 7 nitrogen and oxygen atoms in total. The average molecular weight is 422 g/mol. The Morgan fingerprint density at radius 3 is 2.42 bits per heavy atom. The van der Waals surface area contributed by atoms with Crippen molar-refractivity contribution in [2.45, 2.75) is 19.9 Å². The molecule has 2 aromatic carbocycles. The second-order valence-corrected chi connectivity index (χ2v) is 6.97. The van der Waals surface area contributed by atoms with E-state index < -0.39 is 29.3 Å². The van der Waals surface area contributed by atoms with Crippen LogP contribution in [0.5, 0.6) is 5.75 Å². The Kier molecular flexibility index (Phi) is 5.29. The van der Waals surface area contributed by atoms with Crippen LogP contribution >= 0.6 is 0 Å². The van der Waals surface area contributed by atoms with E-state index in [1.807, 2.05) is 6.92 Å². The number of carbonyl (C=O) groups excluding carboxylic acids is 2. The van der Waals surface area contributed by atoms with Gasteiger partial charge in [0.2, 0.25) is 0 Å². The number of aryl methyl sites for hydroxylation is 1. The number of ether oxygens (including phenoxy) is 1. The summed E-state index contributed by atoms with van der Waals surface area (Å²) in [6.45, 7) is 4.01. The summed E-state index contributed by atoms with van der Waals surface area (Å²) in [7, 11) is 0. The standard InChI is InChI=1S/C23H19FN2O5/c1-3-30-17-10-6-14(7-11-17)20-19(21(27)15-4-8-16(24)9-5-15)22(28)23(29)26(20)18-12-13(2)31-25-18/h4-12,20,27H,3H2,1-2H3/b21-19+/t20-/m1/s1. The summed E-state index contributed by atoms with van der Waals surface area (Å²) < 4.78 is 23.9. The molecule has 1 aliphatic heterocycles. The van der Waals surface area contributed by atoms with Crippen molar-refractivity contribution in [3.05, 3.63) is 82.9 Å². The maximum absolute atomic E-state index is 13.3. The minimum Gasteiger partial charge on any atom is -0.507 e. The van der Waals surface area contributed by atoms with Crippen molar-refractivity contribution in [3.63, 3.8) is 0 Å². The zero-order chi connectivity index (χ0) is 22.1. The highest BCUT2D eigenvalue weighted by molar-refractivity contribution is 6.51. The van der Waals surface area contributed by atoms with Gasteiger partial charge in [0.05, 0.1) is 18.2 Å². The summed E-state index contributed by atoms with van der Waals surface area (Å²) in [5, 5.41) is 14.8. The summed E-state index contributed by atoms with van der Waals surface area (Å²) in [6.07, 6.45) is 0. The lowest BCUT2D eigenvalue weighted by Crippen LogP contribution is -2.29. The largest absolute Gasteiger partial charge is 0.507 e. The number of benzene rings is 2. The number of amides is 1. The van der Waals surface area contributed by atoms with Gasteiger partial charge in [0.25, 0.3) is 5.78 Å². The zero-order valence-electron chi connectivity index (χ0n) is 16.8. The molecule has 1 aliphatic rings. The fraction of sp³-hybridized carbons (Fsp3) is 0.174. The third-order valence-corrected chi connectivity index (χ3v) is 4.93. The van der Waals surface area contributed by atoms with Crippen LogP contribution in [0.1, 0.15) is 29.9 Å². The summed E-state index contributed by atoms with van der Waals surface area (Å²) >= 11 is 0. The van der Waals surface area contributed by atoms with Crippen LogP contribution < -0.4 is 9.64 Å². The van der Waals surface area contributed by atoms with Gasteiger partial charge in [0, 0.05) is 11.6 Å². The molecule has 0 saturated carbocycles. The summed E-state index contributed by atoms with van der Waals surface area (Å²) in [5.41, 5.74) is 0.653. The Hall–Kier alpha value is -3.94. The molecule has 1 N–H and O–H groups in total. The number of aromatic nitrogens is 1. The van der Waals surface area contributed by atoms with Crippen molar-refractivity contribution in [2.24, 2.45) is 0 Å². The second kappa shape index (κ2) is 8.06. The first-order valence-corrected chi connectivity index (χ1v) is 9.63. The SMILES string of the molecule is CCOc1ccc([C@@H]2/C(=C(\O)c3ccc(F)cc3)C(=O)C(=O)N2c2cc(C)on2)cc1. The molecule has 0 aliphatic carbocycles. The van der Waals surface area contributed by atoms with E-state index in [0.29, 0.717) is 23.7 Å². The average Bonchev–Trinajstić information content (AvgIpc) is 3.30. The van der Waals surface area contributed by atoms with E-state index in [2.05, 4.69) is 5.16 Å². The molecular formula is C23H19FN2O5. The van der Waals surface area contributed by atoms with Crippen LogP contribution in [0.4, 0.5) is 10.2 Å². The van der Waals surface area contributed by atoms with Crippen molar-refractivity contribution in [1.82, 2.24) is 5.16 Å². The van der Waals surface area contributed by atoms with Crippen molar-refractivity contribution in [3.8, 4) is 5.75 Å². The molecule has 1 amide bonds. The van der Waals surface area contributed by atoms with E-state index in [0.717, 1.165) is 12.1 Å². The molecule has 0 unspecified atom stereocenters. The van der Waals surface area contributed by atoms with Gasteiger partial charge in [-0.2, -0.15) is 0 Å². The van der Waals surface area contributed by atoms with Gasteiger partial charge in [-0.25, -0.2) is 4.39 Å². The van der Waals surface area contributed by atoms with Gasteiger partial charge in [-0.15, -0.1) is 0 Å². The minimum absolute atomic E-state index is 0.124. The van der Waals surface area contributed by atoms with E-state index in [1.165, 1.54) is 23.1 Å². The van der Waals surface area contributed by atoms with Gasteiger partial charge in [-0.1, -0.05) is 17.3 Å². The first-order chi connectivity index (χ1) is 14.9. The maximum atomic E-state index is 13.3. The number of Topliss-reactive ketones (excluding diaryl/α,β-unsaturated/α-hetero) is 1. The number of halogens is 1. The van der Waals surface area contributed by atoms with Crippen LogP contribution in [-0.2, 0) is 9.59 Å². The first kappa shape index (κ1) is 20.3. The highest BCUT2D eigenvalue weighted by Crippen LogP contribution is 2.42.